The van der Waals surface area contributed by atoms with E-state index in [2.05, 4.69) is 15.7 Å². The number of hydrogen-bond donors (Lipinski definition) is 2. The summed E-state index contributed by atoms with van der Waals surface area (Å²) in [5, 5.41) is 10.6. The highest BCUT2D eigenvalue weighted by Gasteiger charge is 2.01. The Morgan fingerprint density at radius 1 is 1.04 bits per heavy atom. The summed E-state index contributed by atoms with van der Waals surface area (Å²) in [6.45, 7) is 3.19. The zero-order valence-electron chi connectivity index (χ0n) is 14.3. The first-order chi connectivity index (χ1) is 12.2. The fraction of sp³-hybridized carbons (Fsp3) is 0.200. The van der Waals surface area contributed by atoms with Gasteiger partial charge in [-0.25, -0.2) is 4.68 Å². The molecule has 0 saturated carbocycles. The first kappa shape index (κ1) is 16.9. The summed E-state index contributed by atoms with van der Waals surface area (Å²) in [7, 11) is 0. The molecule has 1 heterocycles. The molecule has 0 spiro atoms. The van der Waals surface area contributed by atoms with Crippen LogP contribution in [-0.4, -0.2) is 22.2 Å². The summed E-state index contributed by atoms with van der Waals surface area (Å²) in [6.07, 6.45) is 4.87. The Kier molecular flexibility index (Phi) is 5.59. The SMILES string of the molecule is CC(=O)Nc1ccc(CCNCc2cnn(-c3ccccc3)c2)cc1. The van der Waals surface area contributed by atoms with Crippen LogP contribution in [0.2, 0.25) is 0 Å². The lowest BCUT2D eigenvalue weighted by molar-refractivity contribution is -0.114. The molecule has 0 aliphatic carbocycles. The second-order valence-corrected chi connectivity index (χ2v) is 5.93. The summed E-state index contributed by atoms with van der Waals surface area (Å²) in [6, 6.07) is 18.0. The Hall–Kier alpha value is -2.92. The van der Waals surface area contributed by atoms with E-state index in [1.165, 1.54) is 12.5 Å². The molecule has 25 heavy (non-hydrogen) atoms. The number of rotatable bonds is 7. The van der Waals surface area contributed by atoms with Crippen LogP contribution in [0.25, 0.3) is 5.69 Å². The van der Waals surface area contributed by atoms with E-state index >= 15 is 0 Å². The lowest BCUT2D eigenvalue weighted by Crippen LogP contribution is -2.16. The number of amides is 1. The van der Waals surface area contributed by atoms with E-state index in [0.29, 0.717) is 0 Å². The van der Waals surface area contributed by atoms with E-state index in [9.17, 15) is 4.79 Å². The van der Waals surface area contributed by atoms with Crippen LogP contribution in [0, 0.1) is 0 Å². The number of carbonyl (C=O) groups excluding carboxylic acids is 1. The summed E-state index contributed by atoms with van der Waals surface area (Å²) >= 11 is 0. The van der Waals surface area contributed by atoms with Gasteiger partial charge in [-0.1, -0.05) is 30.3 Å². The Morgan fingerprint density at radius 2 is 1.80 bits per heavy atom. The van der Waals surface area contributed by atoms with Crippen molar-refractivity contribution in [1.82, 2.24) is 15.1 Å². The zero-order valence-corrected chi connectivity index (χ0v) is 14.3. The van der Waals surface area contributed by atoms with Crippen molar-refractivity contribution in [1.29, 1.82) is 0 Å². The topological polar surface area (TPSA) is 59.0 Å². The molecular formula is C20H22N4O. The van der Waals surface area contributed by atoms with E-state index in [0.717, 1.165) is 36.4 Å². The van der Waals surface area contributed by atoms with Crippen LogP contribution in [0.1, 0.15) is 18.1 Å². The van der Waals surface area contributed by atoms with Gasteiger partial charge in [0.15, 0.2) is 0 Å². The fourth-order valence-electron chi connectivity index (χ4n) is 2.60. The lowest BCUT2D eigenvalue weighted by Gasteiger charge is -2.06. The van der Waals surface area contributed by atoms with Crippen molar-refractivity contribution in [3.05, 3.63) is 78.1 Å². The fourth-order valence-corrected chi connectivity index (χ4v) is 2.60. The lowest BCUT2D eigenvalue weighted by atomic mass is 10.1. The normalized spacial score (nSPS) is 10.6. The highest BCUT2D eigenvalue weighted by molar-refractivity contribution is 5.88. The summed E-state index contributed by atoms with van der Waals surface area (Å²) < 4.78 is 1.89. The highest BCUT2D eigenvalue weighted by Crippen LogP contribution is 2.10. The van der Waals surface area contributed by atoms with Gasteiger partial charge in [-0.15, -0.1) is 0 Å². The number of nitrogens with zero attached hydrogens (tertiary/aromatic N) is 2. The number of para-hydroxylation sites is 1. The van der Waals surface area contributed by atoms with Gasteiger partial charge in [-0.05, 0) is 42.8 Å². The molecule has 0 atom stereocenters. The molecule has 0 fully saturated rings. The third-order valence-electron chi connectivity index (χ3n) is 3.85. The zero-order chi connectivity index (χ0) is 17.5. The number of aromatic nitrogens is 2. The number of benzene rings is 2. The minimum Gasteiger partial charge on any atom is -0.326 e. The summed E-state index contributed by atoms with van der Waals surface area (Å²) in [5.41, 5.74) is 4.29. The van der Waals surface area contributed by atoms with Crippen molar-refractivity contribution in [2.75, 3.05) is 11.9 Å². The maximum atomic E-state index is 11.0. The standard InChI is InChI=1S/C20H22N4O/c1-16(25)23-19-9-7-17(8-10-19)11-12-21-13-18-14-22-24(15-18)20-5-3-2-4-6-20/h2-10,14-15,21H,11-13H2,1H3,(H,23,25). The molecule has 0 unspecified atom stereocenters. The molecule has 2 N–H and O–H groups in total. The van der Waals surface area contributed by atoms with Gasteiger partial charge < -0.3 is 10.6 Å². The first-order valence-electron chi connectivity index (χ1n) is 8.37. The molecule has 5 heteroatoms. The van der Waals surface area contributed by atoms with Crippen molar-refractivity contribution >= 4 is 11.6 Å². The molecule has 0 radical (unpaired) electrons. The van der Waals surface area contributed by atoms with Gasteiger partial charge in [0.1, 0.15) is 0 Å². The first-order valence-corrected chi connectivity index (χ1v) is 8.37. The Labute approximate surface area is 147 Å². The van der Waals surface area contributed by atoms with Crippen molar-refractivity contribution in [3.63, 3.8) is 0 Å². The summed E-state index contributed by atoms with van der Waals surface area (Å²) in [5.74, 6) is -0.0505. The maximum absolute atomic E-state index is 11.0. The molecule has 2 aromatic carbocycles. The predicted octanol–water partition coefficient (Wildman–Crippen LogP) is 3.16. The molecule has 1 amide bonds. The number of hydrogen-bond acceptors (Lipinski definition) is 3. The van der Waals surface area contributed by atoms with Crippen molar-refractivity contribution in [2.24, 2.45) is 0 Å². The van der Waals surface area contributed by atoms with Crippen LogP contribution in [0.4, 0.5) is 5.69 Å². The second-order valence-electron chi connectivity index (χ2n) is 5.93. The Morgan fingerprint density at radius 3 is 2.52 bits per heavy atom. The van der Waals surface area contributed by atoms with Gasteiger partial charge in [0.05, 0.1) is 11.9 Å². The summed E-state index contributed by atoms with van der Waals surface area (Å²) in [4.78, 5) is 11.0. The molecule has 1 aromatic heterocycles. The maximum Gasteiger partial charge on any atom is 0.221 e. The van der Waals surface area contributed by atoms with Gasteiger partial charge in [-0.2, -0.15) is 5.10 Å². The van der Waals surface area contributed by atoms with E-state index < -0.39 is 0 Å². The van der Waals surface area contributed by atoms with E-state index in [1.807, 2.05) is 71.7 Å². The molecule has 3 rings (SSSR count). The minimum atomic E-state index is -0.0505. The smallest absolute Gasteiger partial charge is 0.221 e. The van der Waals surface area contributed by atoms with Gasteiger partial charge in [-0.3, -0.25) is 4.79 Å². The minimum absolute atomic E-state index is 0.0505. The third-order valence-corrected chi connectivity index (χ3v) is 3.85. The van der Waals surface area contributed by atoms with E-state index in [4.69, 9.17) is 0 Å². The Bertz CT molecular complexity index is 809. The molecule has 0 aliphatic heterocycles. The van der Waals surface area contributed by atoms with E-state index in [-0.39, 0.29) is 5.91 Å². The van der Waals surface area contributed by atoms with Crippen molar-refractivity contribution in [2.45, 2.75) is 19.9 Å². The average molecular weight is 334 g/mol. The van der Waals surface area contributed by atoms with Crippen LogP contribution >= 0.6 is 0 Å². The molecule has 0 bridgehead atoms. The number of nitrogens with one attached hydrogen (secondary N) is 2. The highest BCUT2D eigenvalue weighted by atomic mass is 16.1. The van der Waals surface area contributed by atoms with E-state index in [1.54, 1.807) is 0 Å². The van der Waals surface area contributed by atoms with Crippen LogP contribution in [0.15, 0.2) is 67.0 Å². The Balaban J connectivity index is 1.44. The molecule has 0 aliphatic rings. The van der Waals surface area contributed by atoms with Crippen molar-refractivity contribution < 1.29 is 4.79 Å². The molecule has 3 aromatic rings. The van der Waals surface area contributed by atoms with Crippen LogP contribution in [0.5, 0.6) is 0 Å². The van der Waals surface area contributed by atoms with Crippen LogP contribution in [-0.2, 0) is 17.8 Å². The van der Waals surface area contributed by atoms with Crippen LogP contribution < -0.4 is 10.6 Å². The van der Waals surface area contributed by atoms with Gasteiger partial charge in [0, 0.05) is 30.9 Å². The quantitative estimate of drug-likeness (QED) is 0.653. The average Bonchev–Trinajstić information content (AvgIpc) is 3.09. The largest absolute Gasteiger partial charge is 0.326 e. The second kappa shape index (κ2) is 8.26. The van der Waals surface area contributed by atoms with Crippen molar-refractivity contribution in [3.8, 4) is 5.69 Å². The number of carbonyl (C=O) groups is 1. The van der Waals surface area contributed by atoms with Crippen LogP contribution in [0.3, 0.4) is 0 Å². The van der Waals surface area contributed by atoms with Gasteiger partial charge >= 0.3 is 0 Å². The molecular weight excluding hydrogens is 312 g/mol. The predicted molar refractivity (Wildman–Crippen MR) is 99.7 cm³/mol. The molecule has 0 saturated heterocycles. The molecule has 128 valence electrons. The third kappa shape index (κ3) is 5.02. The molecule has 5 nitrogen and oxygen atoms in total. The monoisotopic (exact) mass is 334 g/mol. The van der Waals surface area contributed by atoms with Gasteiger partial charge in [0.25, 0.3) is 0 Å². The number of anilines is 1. The van der Waals surface area contributed by atoms with Gasteiger partial charge in [0.2, 0.25) is 5.91 Å².